The standard InChI is InChI=1S/C25H29N7O2S2/c1-4-31-10-12-32(13-11-31)23-9-8-19(15-26-23)28-25-27-16-22-24(29-25)21(17-35-22)18-6-5-7-20(14-18)30(2)36(3,33)34/h5-9,14-17H,4,10-13H2,1-3H3,(H,27,28,29). The van der Waals surface area contributed by atoms with E-state index in [4.69, 9.17) is 4.98 Å². The molecule has 0 radical (unpaired) electrons. The van der Waals surface area contributed by atoms with Crippen LogP contribution in [0.4, 0.5) is 23.1 Å². The summed E-state index contributed by atoms with van der Waals surface area (Å²) in [4.78, 5) is 18.7. The molecule has 0 bridgehead atoms. The van der Waals surface area contributed by atoms with Gasteiger partial charge in [-0.3, -0.25) is 4.31 Å². The van der Waals surface area contributed by atoms with Crippen molar-refractivity contribution in [3.63, 3.8) is 0 Å². The molecule has 4 aromatic rings. The third-order valence-corrected chi connectivity index (χ3v) is 8.59. The lowest BCUT2D eigenvalue weighted by molar-refractivity contribution is 0.270. The molecule has 0 atom stereocenters. The van der Waals surface area contributed by atoms with Crippen molar-refractivity contribution in [1.82, 2.24) is 19.9 Å². The summed E-state index contributed by atoms with van der Waals surface area (Å²) in [5.41, 5.74) is 4.06. The molecule has 1 aliphatic rings. The molecule has 3 aromatic heterocycles. The number of nitrogens with one attached hydrogen (secondary N) is 1. The first-order chi connectivity index (χ1) is 17.3. The zero-order valence-corrected chi connectivity index (χ0v) is 22.2. The Labute approximate surface area is 215 Å². The van der Waals surface area contributed by atoms with Crippen molar-refractivity contribution in [1.29, 1.82) is 0 Å². The fourth-order valence-electron chi connectivity index (χ4n) is 4.22. The van der Waals surface area contributed by atoms with E-state index in [-0.39, 0.29) is 0 Å². The molecule has 36 heavy (non-hydrogen) atoms. The summed E-state index contributed by atoms with van der Waals surface area (Å²) in [7, 11) is -1.80. The first kappa shape index (κ1) is 24.4. The van der Waals surface area contributed by atoms with Gasteiger partial charge in [-0.1, -0.05) is 19.1 Å². The quantitative estimate of drug-likeness (QED) is 0.388. The van der Waals surface area contributed by atoms with Gasteiger partial charge in [-0.05, 0) is 36.4 Å². The maximum absolute atomic E-state index is 12.0. The van der Waals surface area contributed by atoms with Crippen LogP contribution < -0.4 is 14.5 Å². The van der Waals surface area contributed by atoms with E-state index in [9.17, 15) is 8.42 Å². The Bertz CT molecular complexity index is 1460. The molecule has 1 fully saturated rings. The topological polar surface area (TPSA) is 94.6 Å². The van der Waals surface area contributed by atoms with Gasteiger partial charge in [0.1, 0.15) is 5.82 Å². The van der Waals surface area contributed by atoms with E-state index in [0.29, 0.717) is 11.6 Å². The Kier molecular flexibility index (Phi) is 6.78. The molecule has 1 N–H and O–H groups in total. The Balaban J connectivity index is 1.36. The molecule has 9 nitrogen and oxygen atoms in total. The normalized spacial score (nSPS) is 14.8. The smallest absolute Gasteiger partial charge is 0.231 e. The van der Waals surface area contributed by atoms with Gasteiger partial charge in [0.15, 0.2) is 0 Å². The van der Waals surface area contributed by atoms with Crippen LogP contribution in [-0.4, -0.2) is 74.3 Å². The summed E-state index contributed by atoms with van der Waals surface area (Å²) in [5.74, 6) is 1.46. The number of aromatic nitrogens is 3. The summed E-state index contributed by atoms with van der Waals surface area (Å²) < 4.78 is 26.2. The Hall–Kier alpha value is -3.28. The summed E-state index contributed by atoms with van der Waals surface area (Å²) >= 11 is 1.56. The number of nitrogens with zero attached hydrogens (tertiary/aromatic N) is 6. The number of sulfonamides is 1. The SMILES string of the molecule is CCN1CCN(c2ccc(Nc3ncc4scc(-c5cccc(N(C)S(C)(=O)=O)c5)c4n3)cn2)CC1. The second-order valence-electron chi connectivity index (χ2n) is 8.79. The van der Waals surface area contributed by atoms with E-state index in [0.717, 1.165) is 65.6 Å². The minimum Gasteiger partial charge on any atom is -0.354 e. The first-order valence-electron chi connectivity index (χ1n) is 11.8. The molecule has 0 aliphatic carbocycles. The monoisotopic (exact) mass is 523 g/mol. The van der Waals surface area contributed by atoms with Crippen molar-refractivity contribution in [2.75, 3.05) is 60.5 Å². The number of benzene rings is 1. The molecular weight excluding hydrogens is 494 g/mol. The lowest BCUT2D eigenvalue weighted by atomic mass is 10.1. The number of hydrogen-bond donors (Lipinski definition) is 1. The zero-order valence-electron chi connectivity index (χ0n) is 20.5. The predicted octanol–water partition coefficient (Wildman–Crippen LogP) is 4.03. The second-order valence-corrected chi connectivity index (χ2v) is 11.7. The van der Waals surface area contributed by atoms with Crippen LogP contribution in [0.25, 0.3) is 21.3 Å². The highest BCUT2D eigenvalue weighted by atomic mass is 32.2. The zero-order chi connectivity index (χ0) is 25.3. The van der Waals surface area contributed by atoms with Crippen molar-refractivity contribution in [2.24, 2.45) is 0 Å². The molecule has 188 valence electrons. The minimum atomic E-state index is -3.35. The third kappa shape index (κ3) is 5.13. The van der Waals surface area contributed by atoms with E-state index in [2.05, 4.69) is 32.0 Å². The second kappa shape index (κ2) is 10.00. The number of rotatable bonds is 7. The summed E-state index contributed by atoms with van der Waals surface area (Å²) in [6, 6.07) is 11.5. The number of thiophene rings is 1. The molecule has 0 spiro atoms. The van der Waals surface area contributed by atoms with Crippen LogP contribution in [0.15, 0.2) is 54.2 Å². The molecular formula is C25H29N7O2S2. The van der Waals surface area contributed by atoms with E-state index >= 15 is 0 Å². The average molecular weight is 524 g/mol. The lowest BCUT2D eigenvalue weighted by Gasteiger charge is -2.34. The van der Waals surface area contributed by atoms with Crippen LogP contribution in [0, 0.1) is 0 Å². The number of fused-ring (bicyclic) bond motifs is 1. The molecule has 0 amide bonds. The van der Waals surface area contributed by atoms with Crippen molar-refractivity contribution in [3.8, 4) is 11.1 Å². The predicted molar refractivity (Wildman–Crippen MR) is 148 cm³/mol. The van der Waals surface area contributed by atoms with Gasteiger partial charge in [0.2, 0.25) is 16.0 Å². The van der Waals surface area contributed by atoms with Crippen LogP contribution in [0.3, 0.4) is 0 Å². The Morgan fingerprint density at radius 1 is 1.08 bits per heavy atom. The van der Waals surface area contributed by atoms with Crippen LogP contribution in [0.2, 0.25) is 0 Å². The van der Waals surface area contributed by atoms with Gasteiger partial charge in [-0.2, -0.15) is 0 Å². The molecule has 1 aromatic carbocycles. The van der Waals surface area contributed by atoms with Gasteiger partial charge >= 0.3 is 0 Å². The van der Waals surface area contributed by atoms with Crippen LogP contribution in [0.5, 0.6) is 0 Å². The molecule has 0 saturated carbocycles. The van der Waals surface area contributed by atoms with E-state index in [1.165, 1.54) is 10.6 Å². The number of piperazine rings is 1. The summed E-state index contributed by atoms with van der Waals surface area (Å²) in [5, 5.41) is 5.29. The van der Waals surface area contributed by atoms with Gasteiger partial charge in [0.25, 0.3) is 0 Å². The molecule has 0 unspecified atom stereocenters. The Morgan fingerprint density at radius 3 is 2.58 bits per heavy atom. The van der Waals surface area contributed by atoms with E-state index < -0.39 is 10.0 Å². The van der Waals surface area contributed by atoms with Gasteiger partial charge in [-0.15, -0.1) is 11.3 Å². The van der Waals surface area contributed by atoms with Crippen molar-refractivity contribution < 1.29 is 8.42 Å². The van der Waals surface area contributed by atoms with E-state index in [1.54, 1.807) is 30.6 Å². The molecule has 11 heteroatoms. The number of anilines is 4. The van der Waals surface area contributed by atoms with Crippen LogP contribution in [0.1, 0.15) is 6.92 Å². The number of hydrogen-bond acceptors (Lipinski definition) is 9. The summed E-state index contributed by atoms with van der Waals surface area (Å²) in [6.07, 6.45) is 4.81. The average Bonchev–Trinajstić information content (AvgIpc) is 3.32. The van der Waals surface area contributed by atoms with Crippen molar-refractivity contribution in [2.45, 2.75) is 6.92 Å². The van der Waals surface area contributed by atoms with Crippen molar-refractivity contribution >= 4 is 54.7 Å². The first-order valence-corrected chi connectivity index (χ1v) is 14.5. The largest absolute Gasteiger partial charge is 0.354 e. The molecule has 4 heterocycles. The fraction of sp³-hybridized carbons (Fsp3) is 0.320. The molecule has 1 saturated heterocycles. The maximum Gasteiger partial charge on any atom is 0.231 e. The van der Waals surface area contributed by atoms with E-state index in [1.807, 2.05) is 41.9 Å². The van der Waals surface area contributed by atoms with Gasteiger partial charge in [-0.25, -0.2) is 23.4 Å². The number of likely N-dealkylation sites (N-methyl/N-ethyl adjacent to an activating group) is 1. The maximum atomic E-state index is 12.0. The Morgan fingerprint density at radius 2 is 1.89 bits per heavy atom. The highest BCUT2D eigenvalue weighted by molar-refractivity contribution is 7.92. The highest BCUT2D eigenvalue weighted by Crippen LogP contribution is 2.35. The van der Waals surface area contributed by atoms with Crippen LogP contribution >= 0.6 is 11.3 Å². The fourth-order valence-corrected chi connectivity index (χ4v) is 5.59. The van der Waals surface area contributed by atoms with Crippen LogP contribution in [-0.2, 0) is 10.0 Å². The highest BCUT2D eigenvalue weighted by Gasteiger charge is 2.17. The lowest BCUT2D eigenvalue weighted by Crippen LogP contribution is -2.46. The van der Waals surface area contributed by atoms with Crippen molar-refractivity contribution in [3.05, 3.63) is 54.2 Å². The third-order valence-electron chi connectivity index (χ3n) is 6.48. The van der Waals surface area contributed by atoms with Gasteiger partial charge in [0.05, 0.1) is 40.2 Å². The minimum absolute atomic E-state index is 0.484. The number of pyridine rings is 1. The summed E-state index contributed by atoms with van der Waals surface area (Å²) in [6.45, 7) is 7.36. The van der Waals surface area contributed by atoms with Gasteiger partial charge in [0, 0.05) is 44.2 Å². The molecule has 5 rings (SSSR count). The molecule has 1 aliphatic heterocycles. The van der Waals surface area contributed by atoms with Gasteiger partial charge < -0.3 is 15.1 Å².